The van der Waals surface area contributed by atoms with Crippen molar-refractivity contribution in [1.82, 2.24) is 0 Å². The van der Waals surface area contributed by atoms with Crippen LogP contribution in [0.15, 0.2) is 42.6 Å². The van der Waals surface area contributed by atoms with E-state index in [4.69, 9.17) is 0 Å². The lowest BCUT2D eigenvalue weighted by atomic mass is 9.96. The van der Waals surface area contributed by atoms with Crippen LogP contribution in [-0.2, 0) is 35.5 Å². The minimum Gasteiger partial charge on any atom is -0.214 e. The van der Waals surface area contributed by atoms with E-state index in [0.717, 1.165) is 20.1 Å². The lowest BCUT2D eigenvalue weighted by Crippen LogP contribution is -2.25. The summed E-state index contributed by atoms with van der Waals surface area (Å²) in [7, 11) is -5.41. The van der Waals surface area contributed by atoms with Crippen LogP contribution in [0.1, 0.15) is 22.3 Å². The third-order valence-electron chi connectivity index (χ3n) is 4.37. The van der Waals surface area contributed by atoms with Gasteiger partial charge >= 0.3 is 5.51 Å². The molecule has 2 aromatic carbocycles. The monoisotopic (exact) mass is 574 g/mol. The topological polar surface area (TPSA) is 34.1 Å². The van der Waals surface area contributed by atoms with E-state index in [0.29, 0.717) is 29.3 Å². The second-order valence-corrected chi connectivity index (χ2v) is 10.5. The summed E-state index contributed by atoms with van der Waals surface area (Å²) < 4.78 is 66.0. The predicted molar refractivity (Wildman–Crippen MR) is 104 cm³/mol. The fourth-order valence-corrected chi connectivity index (χ4v) is 5.77. The Balaban J connectivity index is 2.20. The Hall–Kier alpha value is -0.380. The molecule has 4 aliphatic carbocycles. The minimum atomic E-state index is -5.41. The average Bonchev–Trinajstić information content (AvgIpc) is 2.52. The summed E-state index contributed by atoms with van der Waals surface area (Å²) in [5.74, 6) is 0. The van der Waals surface area contributed by atoms with E-state index >= 15 is 0 Å². The number of rotatable bonds is 1. The Morgan fingerprint density at radius 3 is 1.46 bits per heavy atom. The quantitative estimate of drug-likeness (QED) is 0.408. The van der Waals surface area contributed by atoms with Crippen LogP contribution in [0.5, 0.6) is 0 Å². The van der Waals surface area contributed by atoms with Gasteiger partial charge in [-0.15, -0.1) is 0 Å². The number of sulfone groups is 1. The first-order valence-electron chi connectivity index (χ1n) is 7.60. The molecule has 0 heterocycles. The summed E-state index contributed by atoms with van der Waals surface area (Å²) in [4.78, 5) is -0.645. The van der Waals surface area contributed by atoms with Gasteiger partial charge in [-0.3, -0.25) is 0 Å². The van der Waals surface area contributed by atoms with Crippen LogP contribution in [0.3, 0.4) is 0 Å². The first-order chi connectivity index (χ1) is 12.0. The lowest BCUT2D eigenvalue weighted by molar-refractivity contribution is -0.0436. The van der Waals surface area contributed by atoms with Gasteiger partial charge in [0.15, 0.2) is 0 Å². The molecule has 0 saturated heterocycles. The molecule has 0 unspecified atom stereocenters. The van der Waals surface area contributed by atoms with E-state index in [1.165, 1.54) is 12.1 Å². The summed E-state index contributed by atoms with van der Waals surface area (Å²) >= 11 is 10.4. The number of aryl methyl sites for hydroxylation is 4. The zero-order valence-corrected chi connectivity index (χ0v) is 18.7. The van der Waals surface area contributed by atoms with E-state index in [1.54, 1.807) is 0 Å². The zero-order chi connectivity index (χ0) is 19.3. The van der Waals surface area contributed by atoms with Gasteiger partial charge in [0.05, 0.1) is 4.90 Å². The molecule has 140 valence electrons. The summed E-state index contributed by atoms with van der Waals surface area (Å²) in [5.41, 5.74) is -2.74. The van der Waals surface area contributed by atoms with Crippen molar-refractivity contribution in [3.8, 4) is 0 Å². The number of alkyl halides is 3. The molecule has 0 atom stereocenters. The third kappa shape index (κ3) is 3.77. The SMILES string of the molecule is O=S(=O)(c1cc2c(Br)cc1CCc1cc(Br)c(cc1Br)CC2)C(F)(F)F. The van der Waals surface area contributed by atoms with Crippen LogP contribution in [0.2, 0.25) is 0 Å². The molecule has 4 bridgehead atoms. The number of hydrogen-bond donors (Lipinski definition) is 0. The first-order valence-corrected chi connectivity index (χ1v) is 11.5. The van der Waals surface area contributed by atoms with Gasteiger partial charge in [0, 0.05) is 13.4 Å². The fraction of sp³-hybridized carbons (Fsp3) is 0.294. The van der Waals surface area contributed by atoms with E-state index < -0.39 is 20.2 Å². The van der Waals surface area contributed by atoms with E-state index in [2.05, 4.69) is 47.8 Å². The Kier molecular flexibility index (Phi) is 5.65. The Labute approximate surface area is 174 Å². The van der Waals surface area contributed by atoms with Gasteiger partial charge < -0.3 is 0 Å². The summed E-state index contributed by atoms with van der Waals surface area (Å²) in [6.07, 6.45) is 1.55. The molecule has 0 amide bonds. The highest BCUT2D eigenvalue weighted by atomic mass is 79.9. The van der Waals surface area contributed by atoms with Crippen molar-refractivity contribution < 1.29 is 21.6 Å². The zero-order valence-electron chi connectivity index (χ0n) is 13.1. The molecule has 9 heteroatoms. The summed E-state index contributed by atoms with van der Waals surface area (Å²) in [5, 5.41) is 0. The Morgan fingerprint density at radius 2 is 1.04 bits per heavy atom. The Morgan fingerprint density at radius 1 is 0.692 bits per heavy atom. The van der Waals surface area contributed by atoms with Crippen molar-refractivity contribution in [3.05, 3.63) is 59.9 Å². The van der Waals surface area contributed by atoms with Gasteiger partial charge in [-0.05, 0) is 72.2 Å². The van der Waals surface area contributed by atoms with Gasteiger partial charge in [0.1, 0.15) is 0 Å². The highest BCUT2D eigenvalue weighted by Crippen LogP contribution is 2.37. The molecule has 6 rings (SSSR count). The highest BCUT2D eigenvalue weighted by Gasteiger charge is 2.48. The van der Waals surface area contributed by atoms with Crippen LogP contribution in [0.4, 0.5) is 13.2 Å². The average molecular weight is 577 g/mol. The van der Waals surface area contributed by atoms with Gasteiger partial charge in [-0.1, -0.05) is 47.8 Å². The third-order valence-corrected chi connectivity index (χ3v) is 8.15. The van der Waals surface area contributed by atoms with E-state index in [9.17, 15) is 21.6 Å². The summed E-state index contributed by atoms with van der Waals surface area (Å²) in [6, 6.07) is 6.60. The van der Waals surface area contributed by atoms with Crippen LogP contribution < -0.4 is 0 Å². The van der Waals surface area contributed by atoms with Gasteiger partial charge in [0.2, 0.25) is 0 Å². The first kappa shape index (κ1) is 20.4. The molecule has 0 N–H and O–H groups in total. The molecule has 0 aromatic heterocycles. The Bertz CT molecular complexity index is 986. The van der Waals surface area contributed by atoms with Gasteiger partial charge in [0.25, 0.3) is 9.84 Å². The van der Waals surface area contributed by atoms with Crippen LogP contribution in [-0.4, -0.2) is 13.9 Å². The van der Waals surface area contributed by atoms with Gasteiger partial charge in [-0.25, -0.2) is 8.42 Å². The molecule has 2 nitrogen and oxygen atoms in total. The maximum atomic E-state index is 13.1. The molecule has 0 radical (unpaired) electrons. The van der Waals surface area contributed by atoms with Crippen molar-refractivity contribution in [2.45, 2.75) is 36.1 Å². The maximum Gasteiger partial charge on any atom is 0.501 e. The number of hydrogen-bond acceptors (Lipinski definition) is 2. The lowest BCUT2D eigenvalue weighted by Gasteiger charge is -2.18. The maximum absolute atomic E-state index is 13.1. The van der Waals surface area contributed by atoms with Crippen LogP contribution in [0.25, 0.3) is 0 Å². The smallest absolute Gasteiger partial charge is 0.214 e. The second kappa shape index (κ2) is 7.22. The van der Waals surface area contributed by atoms with Crippen molar-refractivity contribution in [2.24, 2.45) is 0 Å². The number of benzene rings is 2. The highest BCUT2D eigenvalue weighted by molar-refractivity contribution is 9.11. The largest absolute Gasteiger partial charge is 0.501 e. The van der Waals surface area contributed by atoms with E-state index in [-0.39, 0.29) is 12.0 Å². The molecule has 2 aromatic rings. The number of halogens is 6. The standard InChI is InChI=1S/C17H12Br3F3O2S/c18-13-6-10-3-4-12-7-15(20)11(2-1-9(13)5-14(10)19)8-16(12)26(24,25)17(21,22)23/h5-8H,1-4H2. The molecule has 4 aliphatic rings. The fourth-order valence-electron chi connectivity index (χ4n) is 2.95. The van der Waals surface area contributed by atoms with Crippen LogP contribution >= 0.6 is 47.8 Å². The van der Waals surface area contributed by atoms with Crippen molar-refractivity contribution in [3.63, 3.8) is 0 Å². The minimum absolute atomic E-state index is 0.158. The van der Waals surface area contributed by atoms with Gasteiger partial charge in [-0.2, -0.15) is 13.2 Å². The molecular formula is C17H12Br3F3O2S. The second-order valence-electron chi connectivity index (χ2n) is 6.04. The summed E-state index contributed by atoms with van der Waals surface area (Å²) in [6.45, 7) is 0. The van der Waals surface area contributed by atoms with Crippen LogP contribution in [0, 0.1) is 0 Å². The van der Waals surface area contributed by atoms with Crippen molar-refractivity contribution in [2.75, 3.05) is 0 Å². The molecule has 26 heavy (non-hydrogen) atoms. The van der Waals surface area contributed by atoms with E-state index in [1.807, 2.05) is 12.1 Å². The normalized spacial score (nSPS) is 15.0. The van der Waals surface area contributed by atoms with Crippen molar-refractivity contribution in [1.29, 1.82) is 0 Å². The van der Waals surface area contributed by atoms with Crippen molar-refractivity contribution >= 4 is 57.6 Å². The molecule has 0 aliphatic heterocycles. The molecule has 0 spiro atoms. The molecular weight excluding hydrogens is 565 g/mol. The predicted octanol–water partition coefficient (Wildman–Crippen LogP) is 6.15. The molecule has 0 fully saturated rings. The molecule has 0 saturated carbocycles.